The van der Waals surface area contributed by atoms with E-state index in [2.05, 4.69) is 29.2 Å². The van der Waals surface area contributed by atoms with Crippen molar-refractivity contribution in [2.24, 2.45) is 0 Å². The van der Waals surface area contributed by atoms with Gasteiger partial charge in [0.25, 0.3) is 0 Å². The van der Waals surface area contributed by atoms with E-state index < -0.39 is 0 Å². The zero-order valence-corrected chi connectivity index (χ0v) is 11.5. The fourth-order valence-electron chi connectivity index (χ4n) is 1.55. The van der Waals surface area contributed by atoms with Crippen molar-refractivity contribution in [3.8, 4) is 5.75 Å². The first-order valence-corrected chi connectivity index (χ1v) is 7.02. The molecule has 0 aliphatic carbocycles. The Kier molecular flexibility index (Phi) is 4.65. The van der Waals surface area contributed by atoms with E-state index in [1.807, 2.05) is 32.0 Å². The van der Waals surface area contributed by atoms with Crippen LogP contribution in [0.4, 0.5) is 0 Å². The van der Waals surface area contributed by atoms with E-state index in [9.17, 15) is 0 Å². The molecule has 1 heterocycles. The Balaban J connectivity index is 1.97. The van der Waals surface area contributed by atoms with Gasteiger partial charge in [-0.3, -0.25) is 0 Å². The zero-order valence-electron chi connectivity index (χ0n) is 10.7. The molecule has 0 aliphatic rings. The van der Waals surface area contributed by atoms with Crippen molar-refractivity contribution in [1.82, 2.24) is 4.98 Å². The fraction of sp³-hybridized carbons (Fsp3) is 0.267. The van der Waals surface area contributed by atoms with Gasteiger partial charge in [-0.1, -0.05) is 30.3 Å². The molecule has 1 aromatic heterocycles. The van der Waals surface area contributed by atoms with Crippen LogP contribution in [-0.2, 0) is 5.75 Å². The lowest BCUT2D eigenvalue weighted by molar-refractivity contribution is 0.241. The van der Waals surface area contributed by atoms with E-state index in [1.165, 1.54) is 5.56 Å². The van der Waals surface area contributed by atoms with Crippen LogP contribution < -0.4 is 4.74 Å². The highest BCUT2D eigenvalue weighted by Crippen LogP contribution is 2.24. The first-order chi connectivity index (χ1) is 8.74. The van der Waals surface area contributed by atoms with Crippen LogP contribution in [0.5, 0.6) is 5.75 Å². The Morgan fingerprint density at radius 2 is 1.94 bits per heavy atom. The van der Waals surface area contributed by atoms with Gasteiger partial charge < -0.3 is 4.74 Å². The molecular weight excluding hydrogens is 242 g/mol. The van der Waals surface area contributed by atoms with Crippen molar-refractivity contribution in [3.63, 3.8) is 0 Å². The van der Waals surface area contributed by atoms with Crippen LogP contribution in [0.3, 0.4) is 0 Å². The summed E-state index contributed by atoms with van der Waals surface area (Å²) in [4.78, 5) is 4.34. The van der Waals surface area contributed by atoms with E-state index in [0.717, 1.165) is 16.5 Å². The molecule has 0 fully saturated rings. The summed E-state index contributed by atoms with van der Waals surface area (Å²) in [6, 6.07) is 14.3. The predicted octanol–water partition coefficient (Wildman–Crippen LogP) is 4.16. The van der Waals surface area contributed by atoms with Crippen LogP contribution in [0.2, 0.25) is 0 Å². The van der Waals surface area contributed by atoms with Crippen LogP contribution in [0.25, 0.3) is 0 Å². The number of benzene rings is 1. The average Bonchev–Trinajstić information content (AvgIpc) is 2.37. The molecule has 0 radical (unpaired) electrons. The maximum Gasteiger partial charge on any atom is 0.123 e. The van der Waals surface area contributed by atoms with Gasteiger partial charge in [0.15, 0.2) is 0 Å². The van der Waals surface area contributed by atoms with Gasteiger partial charge in [-0.25, -0.2) is 4.98 Å². The molecule has 3 heteroatoms. The first-order valence-electron chi connectivity index (χ1n) is 6.03. The molecule has 0 bridgehead atoms. The molecule has 2 aromatic rings. The Morgan fingerprint density at radius 3 is 2.67 bits per heavy atom. The lowest BCUT2D eigenvalue weighted by Gasteiger charge is -2.10. The third-order valence-corrected chi connectivity index (χ3v) is 3.30. The summed E-state index contributed by atoms with van der Waals surface area (Å²) in [5.74, 6) is 1.81. The maximum atomic E-state index is 5.65. The second-order valence-corrected chi connectivity index (χ2v) is 5.27. The second kappa shape index (κ2) is 6.45. The number of thioether (sulfide) groups is 1. The van der Waals surface area contributed by atoms with Gasteiger partial charge in [-0.05, 0) is 25.5 Å². The van der Waals surface area contributed by atoms with Gasteiger partial charge in [-0.2, -0.15) is 0 Å². The summed E-state index contributed by atoms with van der Waals surface area (Å²) in [6.07, 6.45) is 1.99. The van der Waals surface area contributed by atoms with E-state index in [4.69, 9.17) is 4.74 Å². The quantitative estimate of drug-likeness (QED) is 0.753. The zero-order chi connectivity index (χ0) is 12.8. The molecule has 0 saturated heterocycles. The van der Waals surface area contributed by atoms with Gasteiger partial charge in [0, 0.05) is 18.0 Å². The molecular formula is C15H17NOS. The summed E-state index contributed by atoms with van der Waals surface area (Å²) in [7, 11) is 0. The minimum atomic E-state index is 0.194. The maximum absolute atomic E-state index is 5.65. The largest absolute Gasteiger partial charge is 0.491 e. The molecule has 94 valence electrons. The molecule has 0 saturated carbocycles. The topological polar surface area (TPSA) is 22.1 Å². The Morgan fingerprint density at radius 1 is 1.17 bits per heavy atom. The lowest BCUT2D eigenvalue weighted by atomic mass is 10.2. The monoisotopic (exact) mass is 259 g/mol. The van der Waals surface area contributed by atoms with Crippen LogP contribution >= 0.6 is 11.8 Å². The highest BCUT2D eigenvalue weighted by atomic mass is 32.2. The fourth-order valence-corrected chi connectivity index (χ4v) is 2.39. The number of nitrogens with zero attached hydrogens (tertiary/aromatic N) is 1. The molecule has 18 heavy (non-hydrogen) atoms. The number of hydrogen-bond donors (Lipinski definition) is 0. The van der Waals surface area contributed by atoms with Crippen molar-refractivity contribution < 1.29 is 4.74 Å². The van der Waals surface area contributed by atoms with Gasteiger partial charge >= 0.3 is 0 Å². The number of pyridine rings is 1. The van der Waals surface area contributed by atoms with Crippen molar-refractivity contribution in [2.75, 3.05) is 0 Å². The number of aromatic nitrogens is 1. The molecule has 0 aliphatic heterocycles. The van der Waals surface area contributed by atoms with Crippen LogP contribution in [0.1, 0.15) is 19.4 Å². The van der Waals surface area contributed by atoms with Crippen molar-refractivity contribution >= 4 is 11.8 Å². The van der Waals surface area contributed by atoms with Gasteiger partial charge in [0.1, 0.15) is 5.75 Å². The van der Waals surface area contributed by atoms with Crippen molar-refractivity contribution in [2.45, 2.75) is 30.7 Å². The van der Waals surface area contributed by atoms with E-state index in [-0.39, 0.29) is 6.10 Å². The highest BCUT2D eigenvalue weighted by Gasteiger charge is 2.01. The Hall–Kier alpha value is -1.48. The summed E-state index contributed by atoms with van der Waals surface area (Å²) in [5.41, 5.74) is 1.31. The van der Waals surface area contributed by atoms with E-state index in [0.29, 0.717) is 0 Å². The standard InChI is InChI=1S/C15H17NOS/c1-12(2)17-14-8-9-16-15(10-14)18-11-13-6-4-3-5-7-13/h3-10,12H,11H2,1-2H3. The van der Waals surface area contributed by atoms with Crippen LogP contribution in [0.15, 0.2) is 53.7 Å². The third kappa shape index (κ3) is 4.08. The smallest absolute Gasteiger partial charge is 0.123 e. The minimum absolute atomic E-state index is 0.194. The van der Waals surface area contributed by atoms with Crippen LogP contribution in [-0.4, -0.2) is 11.1 Å². The van der Waals surface area contributed by atoms with E-state index >= 15 is 0 Å². The summed E-state index contributed by atoms with van der Waals surface area (Å²) < 4.78 is 5.65. The average molecular weight is 259 g/mol. The lowest BCUT2D eigenvalue weighted by Crippen LogP contribution is -2.05. The number of hydrogen-bond acceptors (Lipinski definition) is 3. The van der Waals surface area contributed by atoms with Gasteiger partial charge in [-0.15, -0.1) is 11.8 Å². The highest BCUT2D eigenvalue weighted by molar-refractivity contribution is 7.98. The molecule has 0 atom stereocenters. The summed E-state index contributed by atoms with van der Waals surface area (Å²) in [5, 5.41) is 0.997. The van der Waals surface area contributed by atoms with Gasteiger partial charge in [0.2, 0.25) is 0 Å². The first kappa shape index (κ1) is 13.0. The number of rotatable bonds is 5. The second-order valence-electron chi connectivity index (χ2n) is 4.27. The molecule has 2 nitrogen and oxygen atoms in total. The molecule has 0 unspecified atom stereocenters. The molecule has 0 spiro atoms. The van der Waals surface area contributed by atoms with Crippen LogP contribution in [0, 0.1) is 0 Å². The summed E-state index contributed by atoms with van der Waals surface area (Å²) in [6.45, 7) is 4.05. The Bertz CT molecular complexity index is 485. The molecule has 2 rings (SSSR count). The van der Waals surface area contributed by atoms with E-state index in [1.54, 1.807) is 18.0 Å². The van der Waals surface area contributed by atoms with Crippen molar-refractivity contribution in [3.05, 3.63) is 54.2 Å². The molecule has 1 aromatic carbocycles. The number of ether oxygens (including phenoxy) is 1. The Labute approximate surface area is 112 Å². The normalized spacial score (nSPS) is 10.6. The molecule has 0 N–H and O–H groups in total. The molecule has 0 amide bonds. The third-order valence-electron chi connectivity index (χ3n) is 2.31. The van der Waals surface area contributed by atoms with Crippen molar-refractivity contribution in [1.29, 1.82) is 0 Å². The summed E-state index contributed by atoms with van der Waals surface area (Å²) >= 11 is 1.72. The van der Waals surface area contributed by atoms with Gasteiger partial charge in [0.05, 0.1) is 11.1 Å². The predicted molar refractivity (Wildman–Crippen MR) is 76.0 cm³/mol. The SMILES string of the molecule is CC(C)Oc1ccnc(SCc2ccccc2)c1. The minimum Gasteiger partial charge on any atom is -0.491 e.